The van der Waals surface area contributed by atoms with Gasteiger partial charge in [-0.05, 0) is 25.1 Å². The Morgan fingerprint density at radius 1 is 1.31 bits per heavy atom. The fraction of sp³-hybridized carbons (Fsp3) is 0.182. The van der Waals surface area contributed by atoms with Gasteiger partial charge in [-0.25, -0.2) is 4.98 Å². The Bertz CT molecular complexity index is 520. The van der Waals surface area contributed by atoms with Crippen molar-refractivity contribution in [3.05, 3.63) is 33.9 Å². The van der Waals surface area contributed by atoms with E-state index in [2.05, 4.69) is 15.3 Å². The highest BCUT2D eigenvalue weighted by atomic mass is 35.5. The van der Waals surface area contributed by atoms with Crippen molar-refractivity contribution < 1.29 is 0 Å². The summed E-state index contributed by atoms with van der Waals surface area (Å²) in [4.78, 5) is 7.52. The lowest BCUT2D eigenvalue weighted by Gasteiger charge is -2.02. The van der Waals surface area contributed by atoms with Crippen LogP contribution in [0.5, 0.6) is 0 Å². The number of aromatic nitrogens is 2. The number of nitrogens with zero attached hydrogens (tertiary/aromatic N) is 1. The summed E-state index contributed by atoms with van der Waals surface area (Å²) in [5, 5.41) is 4.18. The normalized spacial score (nSPS) is 10.5. The molecule has 2 N–H and O–H groups in total. The molecule has 5 heteroatoms. The summed E-state index contributed by atoms with van der Waals surface area (Å²) in [7, 11) is 1.81. The summed E-state index contributed by atoms with van der Waals surface area (Å²) in [6.45, 7) is 1.95. The monoisotopic (exact) mass is 255 g/mol. The predicted octanol–water partition coefficient (Wildman–Crippen LogP) is 3.73. The van der Waals surface area contributed by atoms with Crippen molar-refractivity contribution >= 4 is 29.2 Å². The number of rotatable bonds is 2. The SMILES string of the molecule is CNc1nc(-c2ccc(Cl)cc2Cl)c(C)[nH]1. The van der Waals surface area contributed by atoms with Gasteiger partial charge in [0.05, 0.1) is 10.7 Å². The van der Waals surface area contributed by atoms with Gasteiger partial charge in [-0.15, -0.1) is 0 Å². The zero-order valence-corrected chi connectivity index (χ0v) is 10.4. The number of nitrogens with one attached hydrogen (secondary N) is 2. The van der Waals surface area contributed by atoms with Crippen molar-refractivity contribution in [1.82, 2.24) is 9.97 Å². The standard InChI is InChI=1S/C11H11Cl2N3/c1-6-10(16-11(14-2)15-6)8-4-3-7(12)5-9(8)13/h3-5H,1-2H3,(H2,14,15,16). The van der Waals surface area contributed by atoms with Crippen LogP contribution in [0.25, 0.3) is 11.3 Å². The van der Waals surface area contributed by atoms with Gasteiger partial charge in [0, 0.05) is 23.3 Å². The lowest BCUT2D eigenvalue weighted by Crippen LogP contribution is -1.89. The molecule has 0 saturated heterocycles. The van der Waals surface area contributed by atoms with Crippen LogP contribution in [-0.4, -0.2) is 17.0 Å². The first-order chi connectivity index (χ1) is 7.61. The largest absolute Gasteiger partial charge is 0.359 e. The highest BCUT2D eigenvalue weighted by molar-refractivity contribution is 6.36. The fourth-order valence-corrected chi connectivity index (χ4v) is 2.02. The van der Waals surface area contributed by atoms with Gasteiger partial charge < -0.3 is 10.3 Å². The van der Waals surface area contributed by atoms with Crippen molar-refractivity contribution in [3.8, 4) is 11.3 Å². The topological polar surface area (TPSA) is 40.7 Å². The van der Waals surface area contributed by atoms with Gasteiger partial charge in [0.25, 0.3) is 0 Å². The fourth-order valence-electron chi connectivity index (χ4n) is 1.52. The molecular weight excluding hydrogens is 245 g/mol. The molecule has 2 aromatic rings. The van der Waals surface area contributed by atoms with Gasteiger partial charge in [-0.1, -0.05) is 23.2 Å². The summed E-state index contributed by atoms with van der Waals surface area (Å²) < 4.78 is 0. The molecule has 1 heterocycles. The van der Waals surface area contributed by atoms with Crippen LogP contribution in [0.4, 0.5) is 5.95 Å². The summed E-state index contributed by atoms with van der Waals surface area (Å²) in [5.41, 5.74) is 2.68. The first kappa shape index (κ1) is 11.3. The number of halogens is 2. The van der Waals surface area contributed by atoms with Crippen LogP contribution >= 0.6 is 23.2 Å². The molecule has 0 unspecified atom stereocenters. The van der Waals surface area contributed by atoms with Crippen LogP contribution in [-0.2, 0) is 0 Å². The molecule has 16 heavy (non-hydrogen) atoms. The first-order valence-corrected chi connectivity index (χ1v) is 5.57. The molecule has 1 aromatic heterocycles. The third-order valence-corrected chi connectivity index (χ3v) is 2.86. The molecule has 0 spiro atoms. The van der Waals surface area contributed by atoms with E-state index in [1.165, 1.54) is 0 Å². The van der Waals surface area contributed by atoms with Crippen LogP contribution in [0.3, 0.4) is 0 Å². The van der Waals surface area contributed by atoms with E-state index in [1.807, 2.05) is 20.0 Å². The molecule has 0 aliphatic carbocycles. The van der Waals surface area contributed by atoms with Gasteiger partial charge in [0.1, 0.15) is 0 Å². The van der Waals surface area contributed by atoms with E-state index >= 15 is 0 Å². The van der Waals surface area contributed by atoms with Crippen LogP contribution < -0.4 is 5.32 Å². The van der Waals surface area contributed by atoms with Crippen LogP contribution in [0.15, 0.2) is 18.2 Å². The smallest absolute Gasteiger partial charge is 0.200 e. The molecular formula is C11H11Cl2N3. The Hall–Kier alpha value is -1.19. The molecule has 0 atom stereocenters. The molecule has 0 amide bonds. The number of hydrogen-bond acceptors (Lipinski definition) is 2. The quantitative estimate of drug-likeness (QED) is 0.859. The Morgan fingerprint density at radius 3 is 2.62 bits per heavy atom. The van der Waals surface area contributed by atoms with Crippen molar-refractivity contribution in [2.24, 2.45) is 0 Å². The molecule has 84 valence electrons. The molecule has 0 bridgehead atoms. The molecule has 2 rings (SSSR count). The lowest BCUT2D eigenvalue weighted by atomic mass is 10.1. The summed E-state index contributed by atoms with van der Waals surface area (Å²) in [5.74, 6) is 0.721. The van der Waals surface area contributed by atoms with Crippen LogP contribution in [0.1, 0.15) is 5.69 Å². The minimum absolute atomic E-state index is 0.602. The maximum Gasteiger partial charge on any atom is 0.200 e. The van der Waals surface area contributed by atoms with E-state index < -0.39 is 0 Å². The van der Waals surface area contributed by atoms with Gasteiger partial charge in [-0.3, -0.25) is 0 Å². The Morgan fingerprint density at radius 2 is 2.06 bits per heavy atom. The second-order valence-corrected chi connectivity index (χ2v) is 4.28. The minimum Gasteiger partial charge on any atom is -0.359 e. The first-order valence-electron chi connectivity index (χ1n) is 4.81. The number of imidazole rings is 1. The van der Waals surface area contributed by atoms with Crippen molar-refractivity contribution in [2.75, 3.05) is 12.4 Å². The zero-order valence-electron chi connectivity index (χ0n) is 8.94. The van der Waals surface area contributed by atoms with E-state index in [4.69, 9.17) is 23.2 Å². The van der Waals surface area contributed by atoms with E-state index in [0.717, 1.165) is 22.9 Å². The molecule has 1 aromatic carbocycles. The zero-order chi connectivity index (χ0) is 11.7. The maximum atomic E-state index is 6.13. The minimum atomic E-state index is 0.602. The number of anilines is 1. The number of H-pyrrole nitrogens is 1. The van der Waals surface area contributed by atoms with E-state index in [-0.39, 0.29) is 0 Å². The highest BCUT2D eigenvalue weighted by Crippen LogP contribution is 2.31. The molecule has 0 aliphatic heterocycles. The average molecular weight is 256 g/mol. The van der Waals surface area contributed by atoms with Crippen molar-refractivity contribution in [1.29, 1.82) is 0 Å². The second-order valence-electron chi connectivity index (χ2n) is 3.43. The number of aryl methyl sites for hydroxylation is 1. The summed E-state index contributed by atoms with van der Waals surface area (Å²) in [6, 6.07) is 5.38. The van der Waals surface area contributed by atoms with E-state index in [0.29, 0.717) is 10.0 Å². The highest BCUT2D eigenvalue weighted by Gasteiger charge is 2.11. The Labute approximate surface area is 104 Å². The van der Waals surface area contributed by atoms with Crippen LogP contribution in [0.2, 0.25) is 10.0 Å². The van der Waals surface area contributed by atoms with Crippen molar-refractivity contribution in [2.45, 2.75) is 6.92 Å². The van der Waals surface area contributed by atoms with Gasteiger partial charge in [-0.2, -0.15) is 0 Å². The van der Waals surface area contributed by atoms with Gasteiger partial charge >= 0.3 is 0 Å². The third kappa shape index (κ3) is 2.01. The third-order valence-electron chi connectivity index (χ3n) is 2.31. The van der Waals surface area contributed by atoms with E-state index in [1.54, 1.807) is 12.1 Å². The molecule has 0 fully saturated rings. The number of hydrogen-bond donors (Lipinski definition) is 2. The Balaban J connectivity index is 2.53. The molecule has 0 aliphatic rings. The van der Waals surface area contributed by atoms with Crippen LogP contribution in [0, 0.1) is 6.92 Å². The lowest BCUT2D eigenvalue weighted by molar-refractivity contribution is 1.23. The average Bonchev–Trinajstić information content (AvgIpc) is 2.60. The molecule has 0 saturated carbocycles. The second kappa shape index (κ2) is 4.36. The van der Waals surface area contributed by atoms with Gasteiger partial charge in [0.2, 0.25) is 5.95 Å². The van der Waals surface area contributed by atoms with Crippen molar-refractivity contribution in [3.63, 3.8) is 0 Å². The Kier molecular flexibility index (Phi) is 3.08. The molecule has 0 radical (unpaired) electrons. The molecule has 3 nitrogen and oxygen atoms in total. The number of benzene rings is 1. The summed E-state index contributed by atoms with van der Waals surface area (Å²) >= 11 is 12.0. The maximum absolute atomic E-state index is 6.13. The van der Waals surface area contributed by atoms with E-state index in [9.17, 15) is 0 Å². The number of aromatic amines is 1. The van der Waals surface area contributed by atoms with Gasteiger partial charge in [0.15, 0.2) is 0 Å². The summed E-state index contributed by atoms with van der Waals surface area (Å²) in [6.07, 6.45) is 0. The predicted molar refractivity (Wildman–Crippen MR) is 68.3 cm³/mol.